The zero-order valence-corrected chi connectivity index (χ0v) is 12.2. The van der Waals surface area contributed by atoms with Crippen molar-refractivity contribution < 1.29 is 0 Å². The van der Waals surface area contributed by atoms with Gasteiger partial charge in [0.2, 0.25) is 5.95 Å². The number of hydrogen-bond donors (Lipinski definition) is 1. The number of aryl methyl sites for hydroxylation is 2. The molecule has 2 aliphatic rings. The average molecular weight is 286 g/mol. The molecule has 0 bridgehead atoms. The van der Waals surface area contributed by atoms with E-state index in [1.807, 2.05) is 17.5 Å². The summed E-state index contributed by atoms with van der Waals surface area (Å²) in [6.07, 6.45) is 6.27. The Hall–Kier alpha value is -1.46. The Balaban J connectivity index is 1.69. The molecule has 4 nitrogen and oxygen atoms in total. The number of piperidine rings is 1. The molecule has 2 aromatic rings. The van der Waals surface area contributed by atoms with Gasteiger partial charge < -0.3 is 10.6 Å². The molecule has 104 valence electrons. The van der Waals surface area contributed by atoms with E-state index in [1.54, 1.807) is 0 Å². The summed E-state index contributed by atoms with van der Waals surface area (Å²) in [6.45, 7) is 1.94. The number of anilines is 1. The molecule has 0 unspecified atom stereocenters. The SMILES string of the molecule is NC1CCN(c2ncc3c(n2)-c2ccsc2CC3)CC1. The molecular formula is C15H18N4S. The van der Waals surface area contributed by atoms with Gasteiger partial charge in [-0.3, -0.25) is 0 Å². The average Bonchev–Trinajstić information content (AvgIpc) is 2.96. The van der Waals surface area contributed by atoms with Gasteiger partial charge in [0.25, 0.3) is 0 Å². The van der Waals surface area contributed by atoms with Gasteiger partial charge in [-0.1, -0.05) is 0 Å². The lowest BCUT2D eigenvalue weighted by molar-refractivity contribution is 0.495. The van der Waals surface area contributed by atoms with Gasteiger partial charge in [0.05, 0.1) is 5.69 Å². The van der Waals surface area contributed by atoms with Gasteiger partial charge >= 0.3 is 0 Å². The number of aromatic nitrogens is 2. The molecule has 5 heteroatoms. The van der Waals surface area contributed by atoms with E-state index in [-0.39, 0.29) is 0 Å². The first-order valence-corrected chi connectivity index (χ1v) is 8.12. The van der Waals surface area contributed by atoms with Crippen LogP contribution in [0.2, 0.25) is 0 Å². The third kappa shape index (κ3) is 2.01. The normalized spacial score (nSPS) is 18.8. The number of hydrogen-bond acceptors (Lipinski definition) is 5. The van der Waals surface area contributed by atoms with Crippen LogP contribution in [-0.4, -0.2) is 29.1 Å². The molecule has 2 N–H and O–H groups in total. The van der Waals surface area contributed by atoms with E-state index in [4.69, 9.17) is 10.7 Å². The highest BCUT2D eigenvalue weighted by Gasteiger charge is 2.23. The van der Waals surface area contributed by atoms with Crippen molar-refractivity contribution in [2.75, 3.05) is 18.0 Å². The first-order valence-electron chi connectivity index (χ1n) is 7.24. The van der Waals surface area contributed by atoms with Crippen LogP contribution in [0.4, 0.5) is 5.95 Å². The summed E-state index contributed by atoms with van der Waals surface area (Å²) in [5.41, 5.74) is 9.71. The molecule has 1 fully saturated rings. The lowest BCUT2D eigenvalue weighted by atomic mass is 9.96. The molecule has 0 aromatic carbocycles. The third-order valence-corrected chi connectivity index (χ3v) is 5.28. The summed E-state index contributed by atoms with van der Waals surface area (Å²) in [6, 6.07) is 2.54. The summed E-state index contributed by atoms with van der Waals surface area (Å²) < 4.78 is 0. The van der Waals surface area contributed by atoms with E-state index in [2.05, 4.69) is 21.3 Å². The van der Waals surface area contributed by atoms with E-state index >= 15 is 0 Å². The van der Waals surface area contributed by atoms with E-state index in [0.29, 0.717) is 6.04 Å². The summed E-state index contributed by atoms with van der Waals surface area (Å²) in [5, 5.41) is 2.17. The van der Waals surface area contributed by atoms with Crippen LogP contribution in [-0.2, 0) is 12.8 Å². The molecule has 0 saturated carbocycles. The monoisotopic (exact) mass is 286 g/mol. The molecule has 2 aromatic heterocycles. The van der Waals surface area contributed by atoms with E-state index in [9.17, 15) is 0 Å². The van der Waals surface area contributed by atoms with E-state index in [0.717, 1.165) is 50.4 Å². The predicted molar refractivity (Wildman–Crippen MR) is 82.2 cm³/mol. The number of thiophene rings is 1. The molecule has 0 radical (unpaired) electrons. The second-order valence-electron chi connectivity index (χ2n) is 5.63. The molecule has 1 aliphatic carbocycles. The molecule has 0 atom stereocenters. The third-order valence-electron chi connectivity index (χ3n) is 4.30. The molecule has 3 heterocycles. The van der Waals surface area contributed by atoms with Crippen molar-refractivity contribution in [3.05, 3.63) is 28.1 Å². The van der Waals surface area contributed by atoms with Gasteiger partial charge in [0.1, 0.15) is 0 Å². The molecular weight excluding hydrogens is 268 g/mol. The van der Waals surface area contributed by atoms with Gasteiger partial charge in [0.15, 0.2) is 0 Å². The van der Waals surface area contributed by atoms with Gasteiger partial charge in [-0.05, 0) is 42.7 Å². The quantitative estimate of drug-likeness (QED) is 0.873. The fourth-order valence-corrected chi connectivity index (χ4v) is 3.94. The minimum atomic E-state index is 0.340. The summed E-state index contributed by atoms with van der Waals surface area (Å²) in [4.78, 5) is 13.2. The van der Waals surface area contributed by atoms with Gasteiger partial charge in [-0.2, -0.15) is 0 Å². The maximum Gasteiger partial charge on any atom is 0.225 e. The predicted octanol–water partition coefficient (Wildman–Crippen LogP) is 2.23. The van der Waals surface area contributed by atoms with E-state index < -0.39 is 0 Å². The van der Waals surface area contributed by atoms with Crippen LogP contribution in [0.3, 0.4) is 0 Å². The Labute approximate surface area is 122 Å². The Kier molecular flexibility index (Phi) is 2.97. The van der Waals surface area contributed by atoms with E-state index in [1.165, 1.54) is 16.0 Å². The van der Waals surface area contributed by atoms with Crippen molar-refractivity contribution in [2.45, 2.75) is 31.7 Å². The second kappa shape index (κ2) is 4.82. The smallest absolute Gasteiger partial charge is 0.225 e. The largest absolute Gasteiger partial charge is 0.341 e. The summed E-state index contributed by atoms with van der Waals surface area (Å²) in [5.74, 6) is 0.870. The lowest BCUT2D eigenvalue weighted by Gasteiger charge is -2.30. The number of fused-ring (bicyclic) bond motifs is 3. The van der Waals surface area contributed by atoms with Crippen LogP contribution in [0.15, 0.2) is 17.6 Å². The van der Waals surface area contributed by atoms with Crippen molar-refractivity contribution in [1.29, 1.82) is 0 Å². The zero-order chi connectivity index (χ0) is 13.5. The minimum Gasteiger partial charge on any atom is -0.341 e. The fourth-order valence-electron chi connectivity index (χ4n) is 3.06. The highest BCUT2D eigenvalue weighted by atomic mass is 32.1. The van der Waals surface area contributed by atoms with Crippen LogP contribution in [0, 0.1) is 0 Å². The summed E-state index contributed by atoms with van der Waals surface area (Å²) in [7, 11) is 0. The first kappa shape index (κ1) is 12.3. The second-order valence-corrected chi connectivity index (χ2v) is 6.63. The highest BCUT2D eigenvalue weighted by Crippen LogP contribution is 2.35. The van der Waals surface area contributed by atoms with Crippen molar-refractivity contribution in [1.82, 2.24) is 9.97 Å². The zero-order valence-electron chi connectivity index (χ0n) is 11.4. The maximum absolute atomic E-state index is 5.97. The number of nitrogens with two attached hydrogens (primary N) is 1. The minimum absolute atomic E-state index is 0.340. The Bertz CT molecular complexity index is 629. The van der Waals surface area contributed by atoms with Crippen molar-refractivity contribution in [2.24, 2.45) is 5.73 Å². The lowest BCUT2D eigenvalue weighted by Crippen LogP contribution is -2.40. The topological polar surface area (TPSA) is 55.0 Å². The Morgan fingerprint density at radius 2 is 2.10 bits per heavy atom. The highest BCUT2D eigenvalue weighted by molar-refractivity contribution is 7.10. The molecule has 1 saturated heterocycles. The maximum atomic E-state index is 5.97. The van der Waals surface area contributed by atoms with Crippen LogP contribution in [0.25, 0.3) is 11.3 Å². The summed E-state index contributed by atoms with van der Waals surface area (Å²) >= 11 is 1.84. The molecule has 0 amide bonds. The van der Waals surface area contributed by atoms with Gasteiger partial charge in [0, 0.05) is 35.8 Å². The van der Waals surface area contributed by atoms with Crippen LogP contribution in [0.1, 0.15) is 23.3 Å². The van der Waals surface area contributed by atoms with Crippen LogP contribution >= 0.6 is 11.3 Å². The van der Waals surface area contributed by atoms with Crippen molar-refractivity contribution in [3.63, 3.8) is 0 Å². The van der Waals surface area contributed by atoms with Crippen LogP contribution < -0.4 is 10.6 Å². The molecule has 0 spiro atoms. The fraction of sp³-hybridized carbons (Fsp3) is 0.467. The number of nitrogens with zero attached hydrogens (tertiary/aromatic N) is 3. The Morgan fingerprint density at radius 3 is 2.95 bits per heavy atom. The van der Waals surface area contributed by atoms with Crippen molar-refractivity contribution >= 4 is 17.3 Å². The van der Waals surface area contributed by atoms with Crippen molar-refractivity contribution in [3.8, 4) is 11.3 Å². The van der Waals surface area contributed by atoms with Gasteiger partial charge in [-0.15, -0.1) is 11.3 Å². The molecule has 20 heavy (non-hydrogen) atoms. The first-order chi connectivity index (χ1) is 9.81. The molecule has 4 rings (SSSR count). The van der Waals surface area contributed by atoms with Crippen LogP contribution in [0.5, 0.6) is 0 Å². The standard InChI is InChI=1S/C15H18N4S/c16-11-3-6-19(7-4-11)15-17-9-10-1-2-13-12(5-8-20-13)14(10)18-15/h5,8-9,11H,1-4,6-7,16H2. The number of rotatable bonds is 1. The van der Waals surface area contributed by atoms with Gasteiger partial charge in [-0.25, -0.2) is 9.97 Å². The Morgan fingerprint density at radius 1 is 1.25 bits per heavy atom. The molecule has 1 aliphatic heterocycles.